The van der Waals surface area contributed by atoms with Crippen LogP contribution >= 0.6 is 11.3 Å². The molecule has 0 saturated heterocycles. The standard InChI is InChI=1S/C13H12N2O4S/c1-7(16)11-10(12(17)18)15-13(20-11)14-8-3-5-9(19-2)6-4-8/h3-6H,1-2H3,(H,14,15)(H,17,18). The van der Waals surface area contributed by atoms with Gasteiger partial charge in [0.1, 0.15) is 10.6 Å². The van der Waals surface area contributed by atoms with E-state index in [1.54, 1.807) is 31.4 Å². The van der Waals surface area contributed by atoms with Gasteiger partial charge in [0, 0.05) is 12.6 Å². The maximum Gasteiger partial charge on any atom is 0.356 e. The first kappa shape index (κ1) is 14.0. The molecule has 2 N–H and O–H groups in total. The quantitative estimate of drug-likeness (QED) is 0.824. The third kappa shape index (κ3) is 2.94. The number of ketones is 1. The minimum absolute atomic E-state index is 0.133. The molecule has 0 bridgehead atoms. The Morgan fingerprint density at radius 2 is 1.95 bits per heavy atom. The predicted octanol–water partition coefficient (Wildman–Crippen LogP) is 2.80. The molecule has 104 valence electrons. The fraction of sp³-hybridized carbons (Fsp3) is 0.154. The van der Waals surface area contributed by atoms with Crippen LogP contribution in [0.5, 0.6) is 5.75 Å². The summed E-state index contributed by atoms with van der Waals surface area (Å²) in [6.07, 6.45) is 0. The lowest BCUT2D eigenvalue weighted by atomic mass is 10.3. The summed E-state index contributed by atoms with van der Waals surface area (Å²) in [5.74, 6) is -0.817. The Hall–Kier alpha value is -2.41. The van der Waals surface area contributed by atoms with E-state index in [1.165, 1.54) is 6.92 Å². The zero-order chi connectivity index (χ0) is 14.7. The number of hydrogen-bond acceptors (Lipinski definition) is 6. The van der Waals surface area contributed by atoms with Crippen LogP contribution in [0.15, 0.2) is 24.3 Å². The second-order valence-electron chi connectivity index (χ2n) is 3.91. The van der Waals surface area contributed by atoms with Gasteiger partial charge in [-0.2, -0.15) is 0 Å². The summed E-state index contributed by atoms with van der Waals surface area (Å²) in [4.78, 5) is 26.5. The molecule has 0 aliphatic carbocycles. The highest BCUT2D eigenvalue weighted by atomic mass is 32.1. The van der Waals surface area contributed by atoms with Gasteiger partial charge in [0.15, 0.2) is 16.6 Å². The fourth-order valence-corrected chi connectivity index (χ4v) is 2.43. The highest BCUT2D eigenvalue weighted by Crippen LogP contribution is 2.27. The number of Topliss-reactive ketones (excluding diaryl/α,β-unsaturated/α-hetero) is 1. The Kier molecular flexibility index (Phi) is 3.99. The molecule has 0 unspecified atom stereocenters. The van der Waals surface area contributed by atoms with Crippen molar-refractivity contribution in [3.63, 3.8) is 0 Å². The largest absolute Gasteiger partial charge is 0.497 e. The van der Waals surface area contributed by atoms with Gasteiger partial charge in [-0.15, -0.1) is 0 Å². The van der Waals surface area contributed by atoms with Gasteiger partial charge in [-0.1, -0.05) is 11.3 Å². The summed E-state index contributed by atoms with van der Waals surface area (Å²) in [6.45, 7) is 1.32. The predicted molar refractivity (Wildman–Crippen MR) is 75.4 cm³/mol. The van der Waals surface area contributed by atoms with Gasteiger partial charge < -0.3 is 15.2 Å². The lowest BCUT2D eigenvalue weighted by Crippen LogP contribution is -2.03. The molecule has 6 nitrogen and oxygen atoms in total. The molecule has 0 amide bonds. The summed E-state index contributed by atoms with van der Waals surface area (Å²) in [7, 11) is 1.57. The number of carbonyl (C=O) groups is 2. The second kappa shape index (κ2) is 5.70. The van der Waals surface area contributed by atoms with E-state index in [1.807, 2.05) is 0 Å². The number of thiazole rings is 1. The molecule has 0 saturated carbocycles. The number of hydrogen-bond donors (Lipinski definition) is 2. The normalized spacial score (nSPS) is 10.1. The van der Waals surface area contributed by atoms with E-state index < -0.39 is 5.97 Å². The minimum atomic E-state index is -1.21. The van der Waals surface area contributed by atoms with Crippen LogP contribution in [0.4, 0.5) is 10.8 Å². The molecule has 2 aromatic rings. The van der Waals surface area contributed by atoms with Crippen molar-refractivity contribution < 1.29 is 19.4 Å². The van der Waals surface area contributed by atoms with Gasteiger partial charge in [-0.25, -0.2) is 9.78 Å². The Morgan fingerprint density at radius 1 is 1.30 bits per heavy atom. The molecule has 1 heterocycles. The molecule has 0 spiro atoms. The summed E-state index contributed by atoms with van der Waals surface area (Å²) >= 11 is 1.02. The van der Waals surface area contributed by atoms with Gasteiger partial charge in [-0.3, -0.25) is 4.79 Å². The van der Waals surface area contributed by atoms with Gasteiger partial charge in [0.05, 0.1) is 7.11 Å². The molecule has 0 aliphatic rings. The average Bonchev–Trinajstić information content (AvgIpc) is 2.84. The van der Waals surface area contributed by atoms with Crippen molar-refractivity contribution >= 4 is 33.9 Å². The van der Waals surface area contributed by atoms with Crippen LogP contribution in [-0.4, -0.2) is 29.0 Å². The molecule has 2 rings (SSSR count). The van der Waals surface area contributed by atoms with Crippen molar-refractivity contribution in [2.24, 2.45) is 0 Å². The molecule has 7 heteroatoms. The van der Waals surface area contributed by atoms with Gasteiger partial charge >= 0.3 is 5.97 Å². The number of aromatic carboxylic acids is 1. The highest BCUT2D eigenvalue weighted by Gasteiger charge is 2.20. The van der Waals surface area contributed by atoms with Crippen molar-refractivity contribution in [3.8, 4) is 5.75 Å². The topological polar surface area (TPSA) is 88.5 Å². The van der Waals surface area contributed by atoms with Crippen LogP contribution in [0.1, 0.15) is 27.1 Å². The number of rotatable bonds is 5. The van der Waals surface area contributed by atoms with Crippen molar-refractivity contribution in [1.29, 1.82) is 0 Å². The molecule has 0 atom stereocenters. The first-order valence-corrected chi connectivity index (χ1v) is 6.49. The van der Waals surface area contributed by atoms with E-state index in [0.29, 0.717) is 10.9 Å². The minimum Gasteiger partial charge on any atom is -0.497 e. The summed E-state index contributed by atoms with van der Waals surface area (Å²) in [5.41, 5.74) is 0.505. The number of nitrogens with zero attached hydrogens (tertiary/aromatic N) is 1. The van der Waals surface area contributed by atoms with E-state index in [-0.39, 0.29) is 16.4 Å². The van der Waals surface area contributed by atoms with Crippen LogP contribution in [0.25, 0.3) is 0 Å². The van der Waals surface area contributed by atoms with E-state index in [9.17, 15) is 9.59 Å². The lowest BCUT2D eigenvalue weighted by Gasteiger charge is -2.03. The number of ether oxygens (including phenoxy) is 1. The van der Waals surface area contributed by atoms with Crippen molar-refractivity contribution in [2.75, 3.05) is 12.4 Å². The summed E-state index contributed by atoms with van der Waals surface area (Å²) in [6, 6.07) is 7.07. The Morgan fingerprint density at radius 3 is 2.40 bits per heavy atom. The third-order valence-electron chi connectivity index (χ3n) is 2.49. The van der Waals surface area contributed by atoms with Gasteiger partial charge in [0.2, 0.25) is 0 Å². The number of aromatic nitrogens is 1. The van der Waals surface area contributed by atoms with Crippen LogP contribution in [0.3, 0.4) is 0 Å². The number of methoxy groups -OCH3 is 1. The molecule has 1 aromatic carbocycles. The smallest absolute Gasteiger partial charge is 0.356 e. The molecule has 0 aliphatic heterocycles. The molecular formula is C13H12N2O4S. The lowest BCUT2D eigenvalue weighted by molar-refractivity contribution is 0.0687. The Bertz CT molecular complexity index is 617. The first-order valence-electron chi connectivity index (χ1n) is 5.67. The number of anilines is 2. The molecule has 0 radical (unpaired) electrons. The van der Waals surface area contributed by atoms with Crippen molar-refractivity contribution in [3.05, 3.63) is 34.8 Å². The highest BCUT2D eigenvalue weighted by molar-refractivity contribution is 7.17. The summed E-state index contributed by atoms with van der Waals surface area (Å²) < 4.78 is 5.04. The summed E-state index contributed by atoms with van der Waals surface area (Å²) in [5, 5.41) is 12.3. The van der Waals surface area contributed by atoms with Gasteiger partial charge in [0.25, 0.3) is 0 Å². The molecule has 0 fully saturated rings. The number of nitrogens with one attached hydrogen (secondary N) is 1. The zero-order valence-electron chi connectivity index (χ0n) is 10.8. The number of carboxylic acid groups (broad SMARTS) is 1. The van der Waals surface area contributed by atoms with Crippen LogP contribution in [-0.2, 0) is 0 Å². The number of benzene rings is 1. The monoisotopic (exact) mass is 292 g/mol. The zero-order valence-corrected chi connectivity index (χ0v) is 11.7. The van der Waals surface area contributed by atoms with E-state index in [4.69, 9.17) is 9.84 Å². The second-order valence-corrected chi connectivity index (χ2v) is 4.91. The van der Waals surface area contributed by atoms with E-state index >= 15 is 0 Å². The third-order valence-corrected chi connectivity index (χ3v) is 3.56. The maximum atomic E-state index is 11.4. The fourth-order valence-electron chi connectivity index (χ4n) is 1.55. The molecule has 1 aromatic heterocycles. The van der Waals surface area contributed by atoms with Crippen LogP contribution in [0, 0.1) is 0 Å². The number of carbonyl (C=O) groups excluding carboxylic acids is 1. The SMILES string of the molecule is COc1ccc(Nc2nc(C(=O)O)c(C(C)=O)s2)cc1. The average molecular weight is 292 g/mol. The Balaban J connectivity index is 2.26. The van der Waals surface area contributed by atoms with E-state index in [2.05, 4.69) is 10.3 Å². The maximum absolute atomic E-state index is 11.4. The first-order chi connectivity index (χ1) is 9.51. The molecule has 20 heavy (non-hydrogen) atoms. The van der Waals surface area contributed by atoms with Crippen molar-refractivity contribution in [2.45, 2.75) is 6.92 Å². The van der Waals surface area contributed by atoms with Crippen LogP contribution in [0.2, 0.25) is 0 Å². The van der Waals surface area contributed by atoms with E-state index in [0.717, 1.165) is 17.0 Å². The molecular weight excluding hydrogens is 280 g/mol. The van der Waals surface area contributed by atoms with Crippen molar-refractivity contribution in [1.82, 2.24) is 4.98 Å². The number of carboxylic acids is 1. The van der Waals surface area contributed by atoms with Gasteiger partial charge in [-0.05, 0) is 24.3 Å². The Labute approximate surface area is 119 Å². The van der Waals surface area contributed by atoms with Crippen LogP contribution < -0.4 is 10.1 Å².